The summed E-state index contributed by atoms with van der Waals surface area (Å²) < 4.78 is 0. The summed E-state index contributed by atoms with van der Waals surface area (Å²) in [4.78, 5) is 0. The smallest absolute Gasteiger partial charge is 0.189 e. The van der Waals surface area contributed by atoms with Crippen molar-refractivity contribution in [3.8, 4) is 0 Å². The first-order chi connectivity index (χ1) is 10.6. The Morgan fingerprint density at radius 1 is 0.500 bits per heavy atom. The van der Waals surface area contributed by atoms with Gasteiger partial charge in [0.1, 0.15) is 6.10 Å². The molecule has 1 saturated carbocycles. The summed E-state index contributed by atoms with van der Waals surface area (Å²) in [6.07, 6.45) is 18.0. The Hall–Kier alpha value is -0.120. The monoisotopic (exact) mass is 314 g/mol. The molecule has 0 aromatic heterocycles. The lowest BCUT2D eigenvalue weighted by Crippen LogP contribution is -2.42. The molecule has 3 nitrogen and oxygen atoms in total. The van der Waals surface area contributed by atoms with Crippen molar-refractivity contribution < 1.29 is 15.3 Å². The Labute approximate surface area is 137 Å². The van der Waals surface area contributed by atoms with E-state index in [1.54, 1.807) is 0 Å². The largest absolute Gasteiger partial charge is 0.388 e. The highest BCUT2D eigenvalue weighted by molar-refractivity contribution is 4.75. The predicted octanol–water partition coefficient (Wildman–Crippen LogP) is 4.67. The number of hydrogen-bond donors (Lipinski definition) is 3. The van der Waals surface area contributed by atoms with E-state index in [9.17, 15) is 15.3 Å². The van der Waals surface area contributed by atoms with Gasteiger partial charge in [0, 0.05) is 6.42 Å². The molecule has 3 N–H and O–H groups in total. The topological polar surface area (TPSA) is 60.7 Å². The van der Waals surface area contributed by atoms with Crippen molar-refractivity contribution in [1.29, 1.82) is 0 Å². The molecule has 1 aliphatic carbocycles. The van der Waals surface area contributed by atoms with Gasteiger partial charge < -0.3 is 15.3 Å². The fourth-order valence-corrected chi connectivity index (χ4v) is 3.42. The molecule has 132 valence electrons. The molecule has 0 amide bonds. The minimum absolute atomic E-state index is 0.300. The lowest BCUT2D eigenvalue weighted by molar-refractivity contribution is -0.230. The van der Waals surface area contributed by atoms with Crippen LogP contribution in [0.3, 0.4) is 0 Å². The van der Waals surface area contributed by atoms with Crippen LogP contribution < -0.4 is 0 Å². The SMILES string of the molecule is OC1CCCCCCCCCCCCCCCCCC1(O)O. The molecule has 0 aliphatic heterocycles. The highest BCUT2D eigenvalue weighted by Crippen LogP contribution is 2.22. The van der Waals surface area contributed by atoms with E-state index in [1.165, 1.54) is 70.6 Å². The van der Waals surface area contributed by atoms with E-state index in [4.69, 9.17) is 0 Å². The van der Waals surface area contributed by atoms with E-state index in [1.807, 2.05) is 0 Å². The first-order valence-electron chi connectivity index (χ1n) is 9.76. The second-order valence-electron chi connectivity index (χ2n) is 7.24. The molecule has 3 heteroatoms. The van der Waals surface area contributed by atoms with Gasteiger partial charge in [-0.05, 0) is 12.8 Å². The maximum absolute atomic E-state index is 9.98. The maximum atomic E-state index is 9.98. The van der Waals surface area contributed by atoms with Crippen molar-refractivity contribution in [2.24, 2.45) is 0 Å². The van der Waals surface area contributed by atoms with Crippen LogP contribution in [0.15, 0.2) is 0 Å². The molecule has 1 rings (SSSR count). The number of aliphatic hydroxyl groups excluding tert-OH is 1. The van der Waals surface area contributed by atoms with Gasteiger partial charge in [0.25, 0.3) is 0 Å². The average Bonchev–Trinajstić information content (AvgIpc) is 2.49. The summed E-state index contributed by atoms with van der Waals surface area (Å²) in [7, 11) is 0. The second-order valence-corrected chi connectivity index (χ2v) is 7.24. The Bertz CT molecular complexity index is 253. The molecule has 0 saturated heterocycles. The van der Waals surface area contributed by atoms with Crippen LogP contribution in [-0.2, 0) is 0 Å². The van der Waals surface area contributed by atoms with Gasteiger partial charge in [-0.2, -0.15) is 0 Å². The van der Waals surface area contributed by atoms with Crippen LogP contribution in [0.5, 0.6) is 0 Å². The van der Waals surface area contributed by atoms with Crippen LogP contribution in [-0.4, -0.2) is 27.2 Å². The maximum Gasteiger partial charge on any atom is 0.189 e. The van der Waals surface area contributed by atoms with Gasteiger partial charge in [0.15, 0.2) is 5.79 Å². The Morgan fingerprint density at radius 2 is 0.818 bits per heavy atom. The molecule has 0 spiro atoms. The van der Waals surface area contributed by atoms with Gasteiger partial charge >= 0.3 is 0 Å². The average molecular weight is 315 g/mol. The van der Waals surface area contributed by atoms with Crippen LogP contribution >= 0.6 is 0 Å². The van der Waals surface area contributed by atoms with Crippen molar-refractivity contribution in [1.82, 2.24) is 0 Å². The summed E-state index contributed by atoms with van der Waals surface area (Å²) in [5.74, 6) is -1.89. The summed E-state index contributed by atoms with van der Waals surface area (Å²) in [6.45, 7) is 0. The van der Waals surface area contributed by atoms with Gasteiger partial charge in [0.2, 0.25) is 0 Å². The second kappa shape index (κ2) is 12.3. The summed E-state index contributed by atoms with van der Waals surface area (Å²) >= 11 is 0. The highest BCUT2D eigenvalue weighted by atomic mass is 16.5. The zero-order valence-electron chi connectivity index (χ0n) is 14.4. The molecule has 22 heavy (non-hydrogen) atoms. The van der Waals surface area contributed by atoms with Crippen molar-refractivity contribution >= 4 is 0 Å². The quantitative estimate of drug-likeness (QED) is 0.569. The zero-order valence-corrected chi connectivity index (χ0v) is 14.4. The number of rotatable bonds is 0. The van der Waals surface area contributed by atoms with Crippen LogP contribution in [0.1, 0.15) is 109 Å². The third-order valence-electron chi connectivity index (χ3n) is 5.06. The summed E-state index contributed by atoms with van der Waals surface area (Å²) in [5, 5.41) is 29.9. The van der Waals surface area contributed by atoms with Gasteiger partial charge in [0.05, 0.1) is 0 Å². The van der Waals surface area contributed by atoms with E-state index < -0.39 is 11.9 Å². The Balaban J connectivity index is 2.28. The molecule has 0 bridgehead atoms. The fourth-order valence-electron chi connectivity index (χ4n) is 3.42. The molecule has 0 heterocycles. The lowest BCUT2D eigenvalue weighted by Gasteiger charge is -2.27. The van der Waals surface area contributed by atoms with Crippen LogP contribution in [0, 0.1) is 0 Å². The van der Waals surface area contributed by atoms with Crippen LogP contribution in [0.2, 0.25) is 0 Å². The van der Waals surface area contributed by atoms with E-state index in [-0.39, 0.29) is 0 Å². The molecule has 1 aliphatic rings. The van der Waals surface area contributed by atoms with Gasteiger partial charge in [-0.3, -0.25) is 0 Å². The van der Waals surface area contributed by atoms with Gasteiger partial charge in [-0.15, -0.1) is 0 Å². The van der Waals surface area contributed by atoms with E-state index in [2.05, 4.69) is 0 Å². The molecule has 1 atom stereocenters. The first-order valence-corrected chi connectivity index (χ1v) is 9.76. The van der Waals surface area contributed by atoms with Crippen LogP contribution in [0.4, 0.5) is 0 Å². The molecule has 1 unspecified atom stereocenters. The first kappa shape index (κ1) is 19.9. The van der Waals surface area contributed by atoms with E-state index >= 15 is 0 Å². The molecular weight excluding hydrogens is 276 g/mol. The molecule has 1 fully saturated rings. The van der Waals surface area contributed by atoms with E-state index in [0.717, 1.165) is 25.7 Å². The zero-order chi connectivity index (χ0) is 16.1. The van der Waals surface area contributed by atoms with E-state index in [0.29, 0.717) is 12.8 Å². The lowest BCUT2D eigenvalue weighted by atomic mass is 9.96. The minimum Gasteiger partial charge on any atom is -0.388 e. The Kier molecular flexibility index (Phi) is 11.2. The normalized spacial score (nSPS) is 28.2. The highest BCUT2D eigenvalue weighted by Gasteiger charge is 2.31. The number of hydrogen-bond acceptors (Lipinski definition) is 3. The van der Waals surface area contributed by atoms with Crippen molar-refractivity contribution in [2.45, 2.75) is 121 Å². The molecule has 0 aromatic carbocycles. The van der Waals surface area contributed by atoms with Crippen molar-refractivity contribution in [3.63, 3.8) is 0 Å². The molecule has 0 aromatic rings. The summed E-state index contributed by atoms with van der Waals surface area (Å²) in [5.41, 5.74) is 0. The Morgan fingerprint density at radius 3 is 1.23 bits per heavy atom. The van der Waals surface area contributed by atoms with Gasteiger partial charge in [-0.25, -0.2) is 0 Å². The van der Waals surface area contributed by atoms with Crippen molar-refractivity contribution in [2.75, 3.05) is 0 Å². The van der Waals surface area contributed by atoms with Crippen LogP contribution in [0.25, 0.3) is 0 Å². The predicted molar refractivity (Wildman–Crippen MR) is 91.7 cm³/mol. The van der Waals surface area contributed by atoms with Gasteiger partial charge in [-0.1, -0.05) is 89.9 Å². The third kappa shape index (κ3) is 9.81. The standard InChI is InChI=1S/C19H38O3/c20-18-16-14-12-10-8-6-4-2-1-3-5-7-9-11-13-15-17-19(18,21)22/h18,20-22H,1-17H2. The summed E-state index contributed by atoms with van der Waals surface area (Å²) in [6, 6.07) is 0. The molecule has 0 radical (unpaired) electrons. The molecular formula is C19H38O3. The number of aliphatic hydroxyl groups is 3. The minimum atomic E-state index is -1.89. The third-order valence-corrected chi connectivity index (χ3v) is 5.06. The van der Waals surface area contributed by atoms with Crippen molar-refractivity contribution in [3.05, 3.63) is 0 Å². The fraction of sp³-hybridized carbons (Fsp3) is 1.00.